The fourth-order valence-electron chi connectivity index (χ4n) is 2.75. The number of morpholine rings is 1. The molecule has 2 aromatic heterocycles. The number of anilines is 2. The van der Waals surface area contributed by atoms with E-state index < -0.39 is 0 Å². The third-order valence-corrected chi connectivity index (χ3v) is 4.12. The minimum atomic E-state index is 0.313. The van der Waals surface area contributed by atoms with E-state index >= 15 is 0 Å². The van der Waals surface area contributed by atoms with Gasteiger partial charge in [0.1, 0.15) is 5.82 Å². The van der Waals surface area contributed by atoms with E-state index in [0.717, 1.165) is 53.8 Å². The average Bonchev–Trinajstić information content (AvgIpc) is 2.51. The van der Waals surface area contributed by atoms with Crippen LogP contribution in [0.5, 0.6) is 0 Å². The van der Waals surface area contributed by atoms with Crippen molar-refractivity contribution < 1.29 is 4.74 Å². The molecule has 0 amide bonds. The number of ether oxygens (including phenoxy) is 1. The molecule has 0 aliphatic carbocycles. The lowest BCUT2D eigenvalue weighted by atomic mass is 10.0. The minimum Gasteiger partial charge on any atom is -0.397 e. The smallest absolute Gasteiger partial charge is 0.129 e. The van der Waals surface area contributed by atoms with Gasteiger partial charge in [-0.3, -0.25) is 4.98 Å². The molecule has 0 spiro atoms. The third-order valence-electron chi connectivity index (χ3n) is 4.12. The number of aromatic nitrogens is 2. The Kier molecular flexibility index (Phi) is 3.98. The fourth-order valence-corrected chi connectivity index (χ4v) is 2.75. The van der Waals surface area contributed by atoms with Gasteiger partial charge in [0.2, 0.25) is 0 Å². The van der Waals surface area contributed by atoms with E-state index in [1.54, 1.807) is 0 Å². The number of pyridine rings is 2. The Balaban J connectivity index is 2.05. The molecule has 0 saturated carbocycles. The monoisotopic (exact) mass is 298 g/mol. The number of rotatable bonds is 2. The molecule has 1 atom stereocenters. The molecule has 0 bridgehead atoms. The molecule has 1 aliphatic rings. The first-order valence-corrected chi connectivity index (χ1v) is 7.61. The average molecular weight is 298 g/mol. The summed E-state index contributed by atoms with van der Waals surface area (Å²) in [6.07, 6.45) is 1.87. The van der Waals surface area contributed by atoms with Crippen molar-refractivity contribution in [2.75, 3.05) is 30.4 Å². The van der Waals surface area contributed by atoms with Gasteiger partial charge >= 0.3 is 0 Å². The van der Waals surface area contributed by atoms with E-state index in [4.69, 9.17) is 10.5 Å². The van der Waals surface area contributed by atoms with Crippen molar-refractivity contribution in [2.24, 2.45) is 0 Å². The SMILES string of the molecule is Cc1ccc(-c2cc(N3CCOC[C@H]3C)nc(C)c2N)cn1. The summed E-state index contributed by atoms with van der Waals surface area (Å²) in [5.74, 6) is 0.957. The van der Waals surface area contributed by atoms with Crippen LogP contribution < -0.4 is 10.6 Å². The van der Waals surface area contributed by atoms with E-state index in [-0.39, 0.29) is 0 Å². The summed E-state index contributed by atoms with van der Waals surface area (Å²) in [7, 11) is 0. The Bertz CT molecular complexity index is 669. The zero-order valence-corrected chi connectivity index (χ0v) is 13.3. The van der Waals surface area contributed by atoms with Gasteiger partial charge in [-0.2, -0.15) is 0 Å². The lowest BCUT2D eigenvalue weighted by Crippen LogP contribution is -2.44. The van der Waals surface area contributed by atoms with E-state index in [9.17, 15) is 0 Å². The van der Waals surface area contributed by atoms with E-state index in [1.807, 2.05) is 26.1 Å². The molecule has 0 aromatic carbocycles. The first kappa shape index (κ1) is 14.8. The van der Waals surface area contributed by atoms with Crippen molar-refractivity contribution in [3.8, 4) is 11.1 Å². The number of nitrogen functional groups attached to an aromatic ring is 1. The molecule has 3 heterocycles. The summed E-state index contributed by atoms with van der Waals surface area (Å²) >= 11 is 0. The predicted molar refractivity (Wildman–Crippen MR) is 89.0 cm³/mol. The van der Waals surface area contributed by atoms with E-state index in [2.05, 4.69) is 33.9 Å². The van der Waals surface area contributed by atoms with Crippen LogP contribution >= 0.6 is 0 Å². The van der Waals surface area contributed by atoms with Gasteiger partial charge in [-0.25, -0.2) is 4.98 Å². The van der Waals surface area contributed by atoms with Gasteiger partial charge in [-0.05, 0) is 32.9 Å². The number of aryl methyl sites for hydroxylation is 2. The molecule has 5 nitrogen and oxygen atoms in total. The van der Waals surface area contributed by atoms with Crippen molar-refractivity contribution in [1.82, 2.24) is 9.97 Å². The Morgan fingerprint density at radius 3 is 2.82 bits per heavy atom. The molecular formula is C17H22N4O. The van der Waals surface area contributed by atoms with Crippen LogP contribution in [0.4, 0.5) is 11.5 Å². The minimum absolute atomic E-state index is 0.313. The number of hydrogen-bond donors (Lipinski definition) is 1. The summed E-state index contributed by atoms with van der Waals surface area (Å²) in [6, 6.07) is 6.44. The van der Waals surface area contributed by atoms with Gasteiger partial charge in [0.25, 0.3) is 0 Å². The third kappa shape index (κ3) is 2.76. The van der Waals surface area contributed by atoms with Crippen LogP contribution in [0, 0.1) is 13.8 Å². The lowest BCUT2D eigenvalue weighted by Gasteiger charge is -2.34. The highest BCUT2D eigenvalue weighted by atomic mass is 16.5. The molecule has 1 aliphatic heterocycles. The number of nitrogens with two attached hydrogens (primary N) is 1. The van der Waals surface area contributed by atoms with Gasteiger partial charge in [0.05, 0.1) is 30.6 Å². The van der Waals surface area contributed by atoms with E-state index in [1.165, 1.54) is 0 Å². The van der Waals surface area contributed by atoms with Crippen molar-refractivity contribution >= 4 is 11.5 Å². The van der Waals surface area contributed by atoms with Crippen LogP contribution in [-0.4, -0.2) is 35.8 Å². The molecule has 2 aromatic rings. The maximum atomic E-state index is 6.25. The van der Waals surface area contributed by atoms with Crippen LogP contribution in [-0.2, 0) is 4.74 Å². The number of hydrogen-bond acceptors (Lipinski definition) is 5. The van der Waals surface area contributed by atoms with Crippen LogP contribution in [0.15, 0.2) is 24.4 Å². The van der Waals surface area contributed by atoms with Crippen LogP contribution in [0.3, 0.4) is 0 Å². The summed E-state index contributed by atoms with van der Waals surface area (Å²) in [5, 5.41) is 0. The van der Waals surface area contributed by atoms with Gasteiger partial charge in [0, 0.05) is 29.6 Å². The highest BCUT2D eigenvalue weighted by molar-refractivity contribution is 5.79. The molecule has 0 unspecified atom stereocenters. The molecule has 3 rings (SSSR count). The topological polar surface area (TPSA) is 64.3 Å². The second-order valence-electron chi connectivity index (χ2n) is 5.83. The first-order chi connectivity index (χ1) is 10.6. The molecule has 1 fully saturated rings. The van der Waals surface area contributed by atoms with Gasteiger partial charge in [-0.15, -0.1) is 0 Å². The highest BCUT2D eigenvalue weighted by Crippen LogP contribution is 2.31. The number of nitrogens with zero attached hydrogens (tertiary/aromatic N) is 3. The van der Waals surface area contributed by atoms with Crippen molar-refractivity contribution in [3.05, 3.63) is 35.8 Å². The molecule has 0 radical (unpaired) electrons. The standard InChI is InChI=1S/C17H22N4O/c1-11-4-5-14(9-19-11)15-8-16(20-13(3)17(15)18)21-6-7-22-10-12(21)2/h4-5,8-9,12H,6-7,10,18H2,1-3H3/t12-/m1/s1. The van der Waals surface area contributed by atoms with Gasteiger partial charge in [0.15, 0.2) is 0 Å². The highest BCUT2D eigenvalue weighted by Gasteiger charge is 2.22. The second kappa shape index (κ2) is 5.93. The summed E-state index contributed by atoms with van der Waals surface area (Å²) in [5.41, 5.74) is 10.8. The molecule has 1 saturated heterocycles. The van der Waals surface area contributed by atoms with Gasteiger partial charge in [-0.1, -0.05) is 6.07 Å². The largest absolute Gasteiger partial charge is 0.397 e. The summed E-state index contributed by atoms with van der Waals surface area (Å²) in [4.78, 5) is 11.3. The molecule has 116 valence electrons. The predicted octanol–water partition coefficient (Wildman–Crippen LogP) is 2.57. The van der Waals surface area contributed by atoms with Crippen LogP contribution in [0.2, 0.25) is 0 Å². The Labute approximate surface area is 131 Å². The van der Waals surface area contributed by atoms with Crippen LogP contribution in [0.25, 0.3) is 11.1 Å². The second-order valence-corrected chi connectivity index (χ2v) is 5.83. The van der Waals surface area contributed by atoms with Gasteiger partial charge < -0.3 is 15.4 Å². The Hall–Kier alpha value is -2.14. The zero-order chi connectivity index (χ0) is 15.7. The summed E-state index contributed by atoms with van der Waals surface area (Å²) in [6.45, 7) is 8.40. The lowest BCUT2D eigenvalue weighted by molar-refractivity contribution is 0.0985. The maximum absolute atomic E-state index is 6.25. The molecule has 22 heavy (non-hydrogen) atoms. The molecule has 5 heteroatoms. The van der Waals surface area contributed by atoms with Crippen molar-refractivity contribution in [2.45, 2.75) is 26.8 Å². The zero-order valence-electron chi connectivity index (χ0n) is 13.3. The van der Waals surface area contributed by atoms with E-state index in [0.29, 0.717) is 6.04 Å². The van der Waals surface area contributed by atoms with Crippen molar-refractivity contribution in [1.29, 1.82) is 0 Å². The van der Waals surface area contributed by atoms with Crippen molar-refractivity contribution in [3.63, 3.8) is 0 Å². The Morgan fingerprint density at radius 2 is 2.14 bits per heavy atom. The first-order valence-electron chi connectivity index (χ1n) is 7.61. The Morgan fingerprint density at radius 1 is 1.32 bits per heavy atom. The van der Waals surface area contributed by atoms with Crippen LogP contribution in [0.1, 0.15) is 18.3 Å². The quantitative estimate of drug-likeness (QED) is 0.923. The fraction of sp³-hybridized carbons (Fsp3) is 0.412. The normalized spacial score (nSPS) is 18.5. The maximum Gasteiger partial charge on any atom is 0.129 e. The summed E-state index contributed by atoms with van der Waals surface area (Å²) < 4.78 is 5.51. The molecule has 2 N–H and O–H groups in total. The molecular weight excluding hydrogens is 276 g/mol.